The standard InChI is InChI=1S/C27H28N2O5/c30-25-24-16(9-10-17-11-12-23(26(31)32)29(17)25)13-14-28(24)27(33)34-15-22-20-7-3-1-5-18(20)19-6-2-4-8-21(19)22/h1-8,16-17,22-24H,9-15H2,(H,31,32)/t16-,17-,23-,24-/m0/s1. The van der Waals surface area contributed by atoms with E-state index < -0.39 is 24.1 Å². The lowest BCUT2D eigenvalue weighted by Crippen LogP contribution is -2.53. The van der Waals surface area contributed by atoms with Crippen molar-refractivity contribution in [1.29, 1.82) is 0 Å². The molecule has 0 spiro atoms. The van der Waals surface area contributed by atoms with Crippen LogP contribution < -0.4 is 0 Å². The van der Waals surface area contributed by atoms with Crippen molar-refractivity contribution in [1.82, 2.24) is 9.80 Å². The van der Waals surface area contributed by atoms with Crippen LogP contribution in [0.15, 0.2) is 48.5 Å². The van der Waals surface area contributed by atoms with Gasteiger partial charge in [-0.1, -0.05) is 48.5 Å². The minimum Gasteiger partial charge on any atom is -0.480 e. The maximum atomic E-state index is 13.5. The second kappa shape index (κ2) is 8.15. The summed E-state index contributed by atoms with van der Waals surface area (Å²) in [7, 11) is 0. The number of nitrogens with zero attached hydrogens (tertiary/aromatic N) is 2. The fraction of sp³-hybridized carbons (Fsp3) is 0.444. The summed E-state index contributed by atoms with van der Waals surface area (Å²) in [6.45, 7) is 0.674. The van der Waals surface area contributed by atoms with Gasteiger partial charge in [0, 0.05) is 18.5 Å². The first-order valence-corrected chi connectivity index (χ1v) is 12.2. The number of carboxylic acids is 1. The Morgan fingerprint density at radius 1 is 0.912 bits per heavy atom. The number of fused-ring (bicyclic) bond motifs is 5. The van der Waals surface area contributed by atoms with E-state index in [1.165, 1.54) is 11.1 Å². The number of likely N-dealkylation sites (tertiary alicyclic amines) is 1. The van der Waals surface area contributed by atoms with E-state index >= 15 is 0 Å². The topological polar surface area (TPSA) is 87.1 Å². The Kier molecular flexibility index (Phi) is 5.08. The van der Waals surface area contributed by atoms with Crippen LogP contribution in [-0.4, -0.2) is 64.2 Å². The van der Waals surface area contributed by atoms with E-state index in [0.29, 0.717) is 19.4 Å². The van der Waals surface area contributed by atoms with Crippen LogP contribution in [0.1, 0.15) is 49.1 Å². The summed E-state index contributed by atoms with van der Waals surface area (Å²) in [6.07, 6.45) is 3.10. The molecular weight excluding hydrogens is 432 g/mol. The predicted molar refractivity (Wildman–Crippen MR) is 124 cm³/mol. The van der Waals surface area contributed by atoms with E-state index in [9.17, 15) is 19.5 Å². The van der Waals surface area contributed by atoms with E-state index in [1.54, 1.807) is 9.80 Å². The molecule has 0 aromatic heterocycles. The first kappa shape index (κ1) is 21.2. The number of aliphatic carboxylic acids is 1. The lowest BCUT2D eigenvalue weighted by molar-refractivity contribution is -0.151. The van der Waals surface area contributed by atoms with Gasteiger partial charge < -0.3 is 14.7 Å². The summed E-state index contributed by atoms with van der Waals surface area (Å²) in [5, 5.41) is 9.64. The smallest absolute Gasteiger partial charge is 0.410 e. The van der Waals surface area contributed by atoms with Crippen molar-refractivity contribution in [3.05, 3.63) is 59.7 Å². The molecule has 34 heavy (non-hydrogen) atoms. The van der Waals surface area contributed by atoms with Crippen LogP contribution in [0.5, 0.6) is 0 Å². The lowest BCUT2D eigenvalue weighted by Gasteiger charge is -2.32. The van der Waals surface area contributed by atoms with Crippen molar-refractivity contribution in [3.63, 3.8) is 0 Å². The molecule has 4 aliphatic rings. The average Bonchev–Trinajstić information content (AvgIpc) is 3.53. The number of carbonyl (C=O) groups is 3. The van der Waals surface area contributed by atoms with Gasteiger partial charge in [0.2, 0.25) is 5.91 Å². The van der Waals surface area contributed by atoms with Crippen LogP contribution in [0.2, 0.25) is 0 Å². The van der Waals surface area contributed by atoms with Crippen molar-refractivity contribution in [2.24, 2.45) is 5.92 Å². The second-order valence-electron chi connectivity index (χ2n) is 9.90. The molecule has 7 nitrogen and oxygen atoms in total. The molecule has 1 N–H and O–H groups in total. The molecule has 2 aromatic carbocycles. The van der Waals surface area contributed by atoms with Crippen LogP contribution >= 0.6 is 0 Å². The zero-order valence-electron chi connectivity index (χ0n) is 18.9. The molecule has 2 aromatic rings. The normalized spacial score (nSPS) is 27.6. The lowest BCUT2D eigenvalue weighted by atomic mass is 9.94. The third-order valence-corrected chi connectivity index (χ3v) is 8.26. The summed E-state index contributed by atoms with van der Waals surface area (Å²) in [5.74, 6) is -1.16. The number of amides is 2. The van der Waals surface area contributed by atoms with Gasteiger partial charge in [-0.05, 0) is 60.3 Å². The summed E-state index contributed by atoms with van der Waals surface area (Å²) < 4.78 is 5.85. The molecular formula is C27H28N2O5. The Labute approximate surface area is 198 Å². The SMILES string of the molecule is O=C(O)[C@@H]1CC[C@@H]2CC[C@H]3CCN(C(=O)OCC4c5ccccc5-c5ccccc54)[C@@H]3C(=O)N21. The maximum absolute atomic E-state index is 13.5. The van der Waals surface area contributed by atoms with Gasteiger partial charge in [0.25, 0.3) is 0 Å². The molecule has 0 saturated carbocycles. The molecule has 2 amide bonds. The number of benzene rings is 2. The summed E-state index contributed by atoms with van der Waals surface area (Å²) in [6, 6.07) is 14.9. The molecule has 6 rings (SSSR count). The highest BCUT2D eigenvalue weighted by Crippen LogP contribution is 2.45. The number of hydrogen-bond donors (Lipinski definition) is 1. The Morgan fingerprint density at radius 2 is 1.56 bits per heavy atom. The molecule has 1 aliphatic carbocycles. The van der Waals surface area contributed by atoms with E-state index in [2.05, 4.69) is 24.3 Å². The first-order chi connectivity index (χ1) is 16.5. The van der Waals surface area contributed by atoms with Gasteiger partial charge in [0.05, 0.1) is 0 Å². The van der Waals surface area contributed by atoms with E-state index in [1.807, 2.05) is 24.3 Å². The minimum atomic E-state index is -0.958. The largest absolute Gasteiger partial charge is 0.480 e. The molecule has 4 atom stereocenters. The molecule has 7 heteroatoms. The summed E-state index contributed by atoms with van der Waals surface area (Å²) in [4.78, 5) is 41.7. The van der Waals surface area contributed by atoms with Crippen LogP contribution in [0.4, 0.5) is 4.79 Å². The van der Waals surface area contributed by atoms with Gasteiger partial charge in [-0.3, -0.25) is 9.69 Å². The summed E-state index contributed by atoms with van der Waals surface area (Å²) >= 11 is 0. The van der Waals surface area contributed by atoms with Crippen LogP contribution in [-0.2, 0) is 14.3 Å². The van der Waals surface area contributed by atoms with Gasteiger partial charge in [-0.2, -0.15) is 0 Å². The maximum Gasteiger partial charge on any atom is 0.410 e. The molecule has 3 aliphatic heterocycles. The van der Waals surface area contributed by atoms with Crippen LogP contribution in [0, 0.1) is 5.92 Å². The van der Waals surface area contributed by atoms with Crippen molar-refractivity contribution in [2.45, 2.75) is 56.1 Å². The molecule has 0 radical (unpaired) electrons. The fourth-order valence-corrected chi connectivity index (χ4v) is 6.68. The van der Waals surface area contributed by atoms with E-state index in [4.69, 9.17) is 4.74 Å². The summed E-state index contributed by atoms with van der Waals surface area (Å²) in [5.41, 5.74) is 4.62. The van der Waals surface area contributed by atoms with Crippen molar-refractivity contribution >= 4 is 18.0 Å². The molecule has 0 unspecified atom stereocenters. The predicted octanol–water partition coefficient (Wildman–Crippen LogP) is 3.86. The van der Waals surface area contributed by atoms with Gasteiger partial charge in [0.1, 0.15) is 18.7 Å². The Morgan fingerprint density at radius 3 is 2.24 bits per heavy atom. The number of carbonyl (C=O) groups excluding carboxylic acids is 2. The zero-order valence-corrected chi connectivity index (χ0v) is 18.9. The third kappa shape index (κ3) is 3.21. The highest BCUT2D eigenvalue weighted by molar-refractivity contribution is 5.91. The van der Waals surface area contributed by atoms with Gasteiger partial charge in [0.15, 0.2) is 0 Å². The number of hydrogen-bond acceptors (Lipinski definition) is 4. The Hall–Kier alpha value is -3.35. The third-order valence-electron chi connectivity index (χ3n) is 8.26. The highest BCUT2D eigenvalue weighted by atomic mass is 16.6. The van der Waals surface area contributed by atoms with Crippen molar-refractivity contribution < 1.29 is 24.2 Å². The Bertz CT molecular complexity index is 1120. The van der Waals surface area contributed by atoms with E-state index in [-0.39, 0.29) is 30.4 Å². The Balaban J connectivity index is 1.21. The highest BCUT2D eigenvalue weighted by Gasteiger charge is 2.52. The first-order valence-electron chi connectivity index (χ1n) is 12.2. The monoisotopic (exact) mass is 460 g/mol. The van der Waals surface area contributed by atoms with Gasteiger partial charge in [-0.15, -0.1) is 0 Å². The van der Waals surface area contributed by atoms with Crippen molar-refractivity contribution in [2.75, 3.05) is 13.2 Å². The zero-order chi connectivity index (χ0) is 23.4. The van der Waals surface area contributed by atoms with Gasteiger partial charge >= 0.3 is 12.1 Å². The average molecular weight is 461 g/mol. The number of rotatable bonds is 3. The quantitative estimate of drug-likeness (QED) is 0.752. The second-order valence-corrected chi connectivity index (χ2v) is 9.90. The van der Waals surface area contributed by atoms with Gasteiger partial charge in [-0.25, -0.2) is 9.59 Å². The minimum absolute atomic E-state index is 0.0384. The molecule has 3 saturated heterocycles. The number of ether oxygens (including phenoxy) is 1. The van der Waals surface area contributed by atoms with Crippen molar-refractivity contribution in [3.8, 4) is 11.1 Å². The molecule has 0 bridgehead atoms. The molecule has 3 heterocycles. The fourth-order valence-electron chi connectivity index (χ4n) is 6.68. The van der Waals surface area contributed by atoms with E-state index in [0.717, 1.165) is 30.4 Å². The van der Waals surface area contributed by atoms with Crippen LogP contribution in [0.3, 0.4) is 0 Å². The number of carboxylic acid groups (broad SMARTS) is 1. The molecule has 176 valence electrons. The van der Waals surface area contributed by atoms with Crippen LogP contribution in [0.25, 0.3) is 11.1 Å². The molecule has 3 fully saturated rings.